The third-order valence-electron chi connectivity index (χ3n) is 6.92. The predicted molar refractivity (Wildman–Crippen MR) is 98.8 cm³/mol. The Hall–Kier alpha value is -2.28. The van der Waals surface area contributed by atoms with Gasteiger partial charge in [0.1, 0.15) is 5.82 Å². The molecule has 4 heterocycles. The van der Waals surface area contributed by atoms with E-state index in [9.17, 15) is 14.0 Å². The van der Waals surface area contributed by atoms with E-state index in [-0.39, 0.29) is 46.8 Å². The fourth-order valence-corrected chi connectivity index (χ4v) is 5.56. The van der Waals surface area contributed by atoms with Gasteiger partial charge in [-0.15, -0.1) is 0 Å². The number of likely N-dealkylation sites (tertiary alicyclic amines) is 1. The van der Waals surface area contributed by atoms with E-state index in [4.69, 9.17) is 4.74 Å². The molecule has 3 saturated heterocycles. The highest BCUT2D eigenvalue weighted by Gasteiger charge is 2.63. The van der Waals surface area contributed by atoms with Crippen molar-refractivity contribution in [2.45, 2.75) is 37.4 Å². The van der Waals surface area contributed by atoms with Gasteiger partial charge in [-0.25, -0.2) is 4.39 Å². The number of rotatable bonds is 4. The van der Waals surface area contributed by atoms with Crippen LogP contribution in [0.5, 0.6) is 0 Å². The molecule has 3 aliphatic heterocycles. The quantitative estimate of drug-likeness (QED) is 0.804. The van der Waals surface area contributed by atoms with E-state index < -0.39 is 5.82 Å². The normalized spacial score (nSPS) is 33.5. The van der Waals surface area contributed by atoms with Crippen LogP contribution >= 0.6 is 0 Å². The maximum Gasteiger partial charge on any atom is 0.252 e. The number of nitrogens with zero attached hydrogens (tertiary/aromatic N) is 2. The van der Waals surface area contributed by atoms with Crippen molar-refractivity contribution in [3.63, 3.8) is 0 Å². The van der Waals surface area contributed by atoms with Gasteiger partial charge in [-0.1, -0.05) is 12.2 Å². The summed E-state index contributed by atoms with van der Waals surface area (Å²) < 4.78 is 19.7. The van der Waals surface area contributed by atoms with Crippen LogP contribution in [0.4, 0.5) is 4.39 Å². The highest BCUT2D eigenvalue weighted by atomic mass is 19.1. The number of halogens is 1. The summed E-state index contributed by atoms with van der Waals surface area (Å²) in [5.74, 6) is -0.122. The monoisotopic (exact) mass is 385 g/mol. The lowest BCUT2D eigenvalue weighted by atomic mass is 9.73. The molecule has 0 aromatic carbocycles. The fourth-order valence-electron chi connectivity index (χ4n) is 5.56. The molecular weight excluding hydrogens is 361 g/mol. The zero-order valence-corrected chi connectivity index (χ0v) is 15.6. The van der Waals surface area contributed by atoms with E-state index in [1.807, 2.05) is 4.90 Å². The molecule has 3 fully saturated rings. The first-order chi connectivity index (χ1) is 13.6. The van der Waals surface area contributed by atoms with Crippen molar-refractivity contribution < 1.29 is 18.7 Å². The molecule has 1 aliphatic carbocycles. The molecule has 0 saturated carbocycles. The van der Waals surface area contributed by atoms with Gasteiger partial charge in [0.05, 0.1) is 30.0 Å². The Bertz CT molecular complexity index is 836. The summed E-state index contributed by atoms with van der Waals surface area (Å²) in [6.07, 6.45) is 10.3. The second-order valence-corrected chi connectivity index (χ2v) is 8.49. The minimum atomic E-state index is -0.527. The number of carbonyl (C=O) groups excluding carboxylic acids is 2. The number of pyridine rings is 1. The Labute approximate surface area is 163 Å². The average molecular weight is 385 g/mol. The number of aromatic nitrogens is 1. The van der Waals surface area contributed by atoms with Crippen molar-refractivity contribution in [1.82, 2.24) is 15.2 Å². The summed E-state index contributed by atoms with van der Waals surface area (Å²) in [5.41, 5.74) is -0.0296. The van der Waals surface area contributed by atoms with E-state index >= 15 is 0 Å². The van der Waals surface area contributed by atoms with Gasteiger partial charge in [0.25, 0.3) is 5.91 Å². The maximum atomic E-state index is 13.3. The summed E-state index contributed by atoms with van der Waals surface area (Å²) in [4.78, 5) is 30.9. The van der Waals surface area contributed by atoms with E-state index in [0.717, 1.165) is 31.9 Å². The molecule has 0 unspecified atom stereocenters. The van der Waals surface area contributed by atoms with E-state index in [2.05, 4.69) is 22.5 Å². The van der Waals surface area contributed by atoms with Crippen molar-refractivity contribution in [2.75, 3.05) is 19.6 Å². The largest absolute Gasteiger partial charge is 0.369 e. The molecule has 4 atom stereocenters. The summed E-state index contributed by atoms with van der Waals surface area (Å²) >= 11 is 0. The number of amides is 2. The van der Waals surface area contributed by atoms with Crippen molar-refractivity contribution in [1.29, 1.82) is 0 Å². The van der Waals surface area contributed by atoms with Crippen molar-refractivity contribution in [2.24, 2.45) is 17.8 Å². The first-order valence-electron chi connectivity index (χ1n) is 10.1. The minimum absolute atomic E-state index is 0.0751. The van der Waals surface area contributed by atoms with Crippen LogP contribution in [0.2, 0.25) is 0 Å². The molecule has 4 aliphatic rings. The number of carbonyl (C=O) groups is 2. The topological polar surface area (TPSA) is 71.5 Å². The van der Waals surface area contributed by atoms with Crippen molar-refractivity contribution in [3.8, 4) is 0 Å². The molecule has 5 rings (SSSR count). The minimum Gasteiger partial charge on any atom is -0.369 e. The SMILES string of the molecule is O=C(NC[C@H]1[C@H]2CN(C(=O)C3CC=CC3)C[C@]23CC[C@H]1O3)c1cncc(F)c1. The molecular formula is C21H24FN3O3. The lowest BCUT2D eigenvalue weighted by molar-refractivity contribution is -0.135. The van der Waals surface area contributed by atoms with Crippen LogP contribution in [0, 0.1) is 23.6 Å². The van der Waals surface area contributed by atoms with Gasteiger partial charge in [0, 0.05) is 37.0 Å². The Morgan fingerprint density at radius 1 is 1.32 bits per heavy atom. The highest BCUT2D eigenvalue weighted by Crippen LogP contribution is 2.54. The van der Waals surface area contributed by atoms with Crippen LogP contribution in [0.1, 0.15) is 36.0 Å². The van der Waals surface area contributed by atoms with Crippen LogP contribution < -0.4 is 5.32 Å². The standard InChI is InChI=1S/C21H24FN3O3/c22-15-7-14(8-23-9-15)19(26)24-10-16-17-11-25(20(27)13-3-1-2-4-13)12-21(17)6-5-18(16)28-21/h1-2,7-9,13,16-18H,3-6,10-12H2,(H,24,26)/t16-,17+,18+,21+/m0/s1. The molecule has 28 heavy (non-hydrogen) atoms. The Morgan fingerprint density at radius 2 is 2.14 bits per heavy atom. The zero-order valence-electron chi connectivity index (χ0n) is 15.6. The lowest BCUT2D eigenvalue weighted by Crippen LogP contribution is -2.41. The molecule has 1 aromatic heterocycles. The molecule has 1 N–H and O–H groups in total. The molecule has 1 aromatic rings. The van der Waals surface area contributed by atoms with Crippen molar-refractivity contribution >= 4 is 11.8 Å². The third kappa shape index (κ3) is 2.83. The molecule has 6 nitrogen and oxygen atoms in total. The van der Waals surface area contributed by atoms with E-state index in [0.29, 0.717) is 19.6 Å². The molecule has 7 heteroatoms. The van der Waals surface area contributed by atoms with Gasteiger partial charge in [0.15, 0.2) is 0 Å². The van der Waals surface area contributed by atoms with Crippen LogP contribution in [0.15, 0.2) is 30.6 Å². The van der Waals surface area contributed by atoms with E-state index in [1.165, 1.54) is 12.3 Å². The Kier molecular flexibility index (Phi) is 4.23. The number of allylic oxidation sites excluding steroid dienone is 2. The van der Waals surface area contributed by atoms with Crippen molar-refractivity contribution in [3.05, 3.63) is 42.0 Å². The third-order valence-corrected chi connectivity index (χ3v) is 6.92. The maximum absolute atomic E-state index is 13.3. The van der Waals surface area contributed by atoms with Gasteiger partial charge in [0.2, 0.25) is 5.91 Å². The van der Waals surface area contributed by atoms with Crippen LogP contribution in [0.3, 0.4) is 0 Å². The van der Waals surface area contributed by atoms with Gasteiger partial charge in [-0.2, -0.15) is 0 Å². The van der Waals surface area contributed by atoms with Gasteiger partial charge in [-0.3, -0.25) is 14.6 Å². The predicted octanol–water partition coefficient (Wildman–Crippen LogP) is 1.92. The molecule has 2 bridgehead atoms. The zero-order chi connectivity index (χ0) is 19.3. The fraction of sp³-hybridized carbons (Fsp3) is 0.571. The lowest BCUT2D eigenvalue weighted by Gasteiger charge is -2.29. The second kappa shape index (κ2) is 6.65. The number of fused-ring (bicyclic) bond motifs is 1. The first-order valence-corrected chi connectivity index (χ1v) is 10.1. The molecule has 0 radical (unpaired) electrons. The Morgan fingerprint density at radius 3 is 2.93 bits per heavy atom. The average Bonchev–Trinajstić information content (AvgIpc) is 3.46. The number of nitrogens with one attached hydrogen (secondary N) is 1. The van der Waals surface area contributed by atoms with E-state index in [1.54, 1.807) is 0 Å². The summed E-state index contributed by atoms with van der Waals surface area (Å²) in [5, 5.41) is 2.92. The van der Waals surface area contributed by atoms with Gasteiger partial charge < -0.3 is 15.0 Å². The summed E-state index contributed by atoms with van der Waals surface area (Å²) in [7, 11) is 0. The van der Waals surface area contributed by atoms with Crippen LogP contribution in [-0.2, 0) is 9.53 Å². The number of hydrogen-bond donors (Lipinski definition) is 1. The number of ether oxygens (including phenoxy) is 1. The van der Waals surface area contributed by atoms with Crippen LogP contribution in [-0.4, -0.2) is 53.0 Å². The Balaban J connectivity index is 1.25. The van der Waals surface area contributed by atoms with Gasteiger partial charge >= 0.3 is 0 Å². The summed E-state index contributed by atoms with van der Waals surface area (Å²) in [6.45, 7) is 1.84. The second-order valence-electron chi connectivity index (χ2n) is 8.49. The smallest absolute Gasteiger partial charge is 0.252 e. The highest BCUT2D eigenvalue weighted by molar-refractivity contribution is 5.93. The molecule has 1 spiro atoms. The first kappa shape index (κ1) is 17.8. The van der Waals surface area contributed by atoms with Gasteiger partial charge in [-0.05, 0) is 31.7 Å². The number of hydrogen-bond acceptors (Lipinski definition) is 4. The molecule has 2 amide bonds. The summed E-state index contributed by atoms with van der Waals surface area (Å²) in [6, 6.07) is 1.19. The molecule has 148 valence electrons. The van der Waals surface area contributed by atoms with Crippen LogP contribution in [0.25, 0.3) is 0 Å².